The Balaban J connectivity index is 1.42. The predicted molar refractivity (Wildman–Crippen MR) is 144 cm³/mol. The molecule has 5 atom stereocenters. The number of hydrogen-bond donors (Lipinski definition) is 3. The molecule has 8 nitrogen and oxygen atoms in total. The van der Waals surface area contributed by atoms with Crippen LogP contribution in [0.3, 0.4) is 0 Å². The van der Waals surface area contributed by atoms with E-state index in [1.807, 2.05) is 55.5 Å². The van der Waals surface area contributed by atoms with Gasteiger partial charge in [-0.25, -0.2) is 15.0 Å². The number of fused-ring (bicyclic) bond motifs is 2. The van der Waals surface area contributed by atoms with Gasteiger partial charge in [0.2, 0.25) is 5.82 Å². The molecule has 2 fully saturated rings. The fourth-order valence-electron chi connectivity index (χ4n) is 5.77. The summed E-state index contributed by atoms with van der Waals surface area (Å²) in [6.07, 6.45) is -0.128. The van der Waals surface area contributed by atoms with E-state index in [2.05, 4.69) is 27.1 Å². The minimum Gasteiger partial charge on any atom is -0.389 e. The van der Waals surface area contributed by atoms with Crippen LogP contribution >= 0.6 is 11.6 Å². The summed E-state index contributed by atoms with van der Waals surface area (Å²) >= 11 is 6.15. The Labute approximate surface area is 224 Å². The number of rotatable bonds is 5. The third kappa shape index (κ3) is 4.04. The van der Waals surface area contributed by atoms with Crippen molar-refractivity contribution in [2.75, 3.05) is 5.32 Å². The van der Waals surface area contributed by atoms with Crippen molar-refractivity contribution < 1.29 is 15.0 Å². The van der Waals surface area contributed by atoms with Gasteiger partial charge in [0, 0.05) is 17.1 Å². The molecule has 2 aromatic heterocycles. The molecule has 2 aliphatic carbocycles. The van der Waals surface area contributed by atoms with Crippen LogP contribution in [0.5, 0.6) is 0 Å². The first-order valence-electron chi connectivity index (χ1n) is 12.5. The number of carbonyl (C=O) groups is 1. The normalized spacial score (nSPS) is 25.5. The van der Waals surface area contributed by atoms with Crippen LogP contribution in [-0.4, -0.2) is 47.7 Å². The molecule has 0 aliphatic heterocycles. The summed E-state index contributed by atoms with van der Waals surface area (Å²) in [5, 5.41) is 25.7. The Kier molecular flexibility index (Phi) is 5.95. The third-order valence-electron chi connectivity index (χ3n) is 7.76. The van der Waals surface area contributed by atoms with Crippen LogP contribution in [0.15, 0.2) is 54.9 Å². The zero-order chi connectivity index (χ0) is 26.6. The van der Waals surface area contributed by atoms with Gasteiger partial charge >= 0.3 is 0 Å². The van der Waals surface area contributed by atoms with Crippen LogP contribution in [0.2, 0.25) is 5.02 Å². The number of nitrogens with zero attached hydrogens (tertiary/aromatic N) is 4. The lowest BCUT2D eigenvalue weighted by Crippen LogP contribution is -2.36. The largest absolute Gasteiger partial charge is 0.389 e. The number of benzene rings is 2. The molecule has 38 heavy (non-hydrogen) atoms. The molecule has 4 aromatic rings. The van der Waals surface area contributed by atoms with Gasteiger partial charge in [-0.3, -0.25) is 4.79 Å². The molecular weight excluding hydrogens is 502 g/mol. The van der Waals surface area contributed by atoms with Crippen molar-refractivity contribution in [1.82, 2.24) is 19.5 Å². The van der Waals surface area contributed by atoms with Crippen molar-refractivity contribution in [2.45, 2.75) is 45.1 Å². The lowest BCUT2D eigenvalue weighted by atomic mass is 9.95. The molecule has 192 valence electrons. The average molecular weight is 528 g/mol. The second kappa shape index (κ2) is 9.21. The molecular formula is C29H26ClN5O3. The highest BCUT2D eigenvalue weighted by atomic mass is 35.5. The van der Waals surface area contributed by atoms with E-state index in [0.29, 0.717) is 35.0 Å². The highest BCUT2D eigenvalue weighted by molar-refractivity contribution is 6.30. The molecule has 2 aromatic carbocycles. The van der Waals surface area contributed by atoms with Gasteiger partial charge in [-0.05, 0) is 67.5 Å². The highest BCUT2D eigenvalue weighted by Crippen LogP contribution is 2.68. The van der Waals surface area contributed by atoms with Crippen molar-refractivity contribution in [3.63, 3.8) is 0 Å². The third-order valence-corrected chi connectivity index (χ3v) is 7.99. The lowest BCUT2D eigenvalue weighted by molar-refractivity contribution is -0.128. The van der Waals surface area contributed by atoms with Crippen LogP contribution in [0.1, 0.15) is 41.9 Å². The Hall–Kier alpha value is -3.77. The van der Waals surface area contributed by atoms with Gasteiger partial charge in [0.25, 0.3) is 0 Å². The number of aliphatic hydroxyl groups is 2. The molecule has 0 radical (unpaired) electrons. The molecule has 0 amide bonds. The standard InChI is InChI=1S/C29H26ClN5O3/c1-16-5-3-6-18(11-16)9-10-22-33-27(31-14-19-7-4-8-20(30)12-19)23-28(34-22)35(15-32-23)24-21-13-29(21,17(2)36)26(38)25(24)37/h3-8,11-12,15,21,24-26,37-38H,13-14H2,1-2H3,(H,31,33,34)/t21?,24-,25+,26?,29+/m1/s1. The van der Waals surface area contributed by atoms with E-state index in [0.717, 1.165) is 16.7 Å². The molecule has 2 heterocycles. The minimum absolute atomic E-state index is 0.107. The van der Waals surface area contributed by atoms with Gasteiger partial charge < -0.3 is 20.1 Å². The Morgan fingerprint density at radius 2 is 2.00 bits per heavy atom. The first-order valence-corrected chi connectivity index (χ1v) is 12.8. The summed E-state index contributed by atoms with van der Waals surface area (Å²) in [7, 11) is 0. The zero-order valence-corrected chi connectivity index (χ0v) is 21.6. The number of aromatic nitrogens is 4. The van der Waals surface area contributed by atoms with E-state index < -0.39 is 23.7 Å². The quantitative estimate of drug-likeness (QED) is 0.339. The molecule has 2 saturated carbocycles. The van der Waals surface area contributed by atoms with Crippen molar-refractivity contribution in [3.05, 3.63) is 82.4 Å². The SMILES string of the molecule is CC(=O)[C@@]12CC1[C@@H](n1cnc3c(NCc4cccc(Cl)c4)nc(C#Cc4cccc(C)c4)nc31)[C@H](O)C2O. The number of hydrogen-bond acceptors (Lipinski definition) is 7. The van der Waals surface area contributed by atoms with Gasteiger partial charge in [-0.2, -0.15) is 0 Å². The maximum absolute atomic E-state index is 12.4. The van der Waals surface area contributed by atoms with E-state index in [1.165, 1.54) is 6.92 Å². The molecule has 0 bridgehead atoms. The van der Waals surface area contributed by atoms with Crippen LogP contribution < -0.4 is 5.32 Å². The molecule has 2 aliphatic rings. The monoisotopic (exact) mass is 527 g/mol. The molecule has 2 unspecified atom stereocenters. The van der Waals surface area contributed by atoms with Gasteiger partial charge in [0.1, 0.15) is 11.9 Å². The average Bonchev–Trinajstić information content (AvgIpc) is 3.44. The summed E-state index contributed by atoms with van der Waals surface area (Å²) in [6, 6.07) is 14.8. The van der Waals surface area contributed by atoms with Crippen LogP contribution in [0.4, 0.5) is 5.82 Å². The van der Waals surface area contributed by atoms with Crippen molar-refractivity contribution >= 4 is 34.4 Å². The number of carbonyl (C=O) groups excluding carboxylic acids is 1. The summed E-state index contributed by atoms with van der Waals surface area (Å²) in [6.45, 7) is 3.93. The van der Waals surface area contributed by atoms with E-state index >= 15 is 0 Å². The first kappa shape index (κ1) is 24.6. The molecule has 0 spiro atoms. The van der Waals surface area contributed by atoms with Gasteiger partial charge in [-0.1, -0.05) is 41.8 Å². The van der Waals surface area contributed by atoms with Crippen LogP contribution in [0.25, 0.3) is 11.2 Å². The number of Topliss-reactive ketones (excluding diaryl/α,β-unsaturated/α-hetero) is 1. The summed E-state index contributed by atoms with van der Waals surface area (Å²) in [5.74, 6) is 6.67. The summed E-state index contributed by atoms with van der Waals surface area (Å²) in [4.78, 5) is 26.3. The highest BCUT2D eigenvalue weighted by Gasteiger charge is 2.74. The maximum Gasteiger partial charge on any atom is 0.209 e. The van der Waals surface area contributed by atoms with E-state index in [1.54, 1.807) is 10.9 Å². The Morgan fingerprint density at radius 3 is 2.74 bits per heavy atom. The van der Waals surface area contributed by atoms with E-state index in [4.69, 9.17) is 16.6 Å². The van der Waals surface area contributed by atoms with Crippen molar-refractivity contribution in [2.24, 2.45) is 11.3 Å². The maximum atomic E-state index is 12.4. The molecule has 6 rings (SSSR count). The molecule has 3 N–H and O–H groups in total. The number of anilines is 1. The lowest BCUT2D eigenvalue weighted by Gasteiger charge is -2.23. The minimum atomic E-state index is -1.13. The van der Waals surface area contributed by atoms with E-state index in [9.17, 15) is 15.0 Å². The topological polar surface area (TPSA) is 113 Å². The summed E-state index contributed by atoms with van der Waals surface area (Å²) in [5.41, 5.74) is 2.99. The van der Waals surface area contributed by atoms with Crippen LogP contribution in [0, 0.1) is 30.1 Å². The van der Waals surface area contributed by atoms with Gasteiger partial charge in [0.15, 0.2) is 17.0 Å². The molecule has 9 heteroatoms. The fourth-order valence-corrected chi connectivity index (χ4v) is 5.98. The van der Waals surface area contributed by atoms with Gasteiger partial charge in [0.05, 0.1) is 23.9 Å². The zero-order valence-electron chi connectivity index (χ0n) is 20.9. The smallest absolute Gasteiger partial charge is 0.209 e. The second-order valence-electron chi connectivity index (χ2n) is 10.2. The Bertz CT molecular complexity index is 1640. The second-order valence-corrected chi connectivity index (χ2v) is 10.6. The van der Waals surface area contributed by atoms with Gasteiger partial charge in [-0.15, -0.1) is 0 Å². The van der Waals surface area contributed by atoms with E-state index in [-0.39, 0.29) is 17.5 Å². The number of aryl methyl sites for hydroxylation is 1. The number of aliphatic hydroxyl groups excluding tert-OH is 2. The number of imidazole rings is 1. The fraction of sp³-hybridized carbons (Fsp3) is 0.310. The first-order chi connectivity index (χ1) is 18.3. The Morgan fingerprint density at radius 1 is 1.18 bits per heavy atom. The number of ketones is 1. The van der Waals surface area contributed by atoms with Crippen molar-refractivity contribution in [1.29, 1.82) is 0 Å². The van der Waals surface area contributed by atoms with Crippen LogP contribution in [-0.2, 0) is 11.3 Å². The summed E-state index contributed by atoms with van der Waals surface area (Å²) < 4.78 is 1.76. The van der Waals surface area contributed by atoms with Crippen molar-refractivity contribution in [3.8, 4) is 11.8 Å². The molecule has 0 saturated heterocycles. The number of nitrogens with one attached hydrogen (secondary N) is 1. The predicted octanol–water partition coefficient (Wildman–Crippen LogP) is 3.67. The number of halogens is 1.